The van der Waals surface area contributed by atoms with Crippen LogP contribution in [0.3, 0.4) is 0 Å². The van der Waals surface area contributed by atoms with Crippen molar-refractivity contribution in [3.63, 3.8) is 0 Å². The van der Waals surface area contributed by atoms with Crippen molar-refractivity contribution in [2.24, 2.45) is 0 Å². The fourth-order valence-electron chi connectivity index (χ4n) is 3.79. The van der Waals surface area contributed by atoms with E-state index in [2.05, 4.69) is 0 Å². The summed E-state index contributed by atoms with van der Waals surface area (Å²) in [6.45, 7) is 0.464. The van der Waals surface area contributed by atoms with E-state index in [-0.39, 0.29) is 5.56 Å². The van der Waals surface area contributed by atoms with Gasteiger partial charge in [0, 0.05) is 17.5 Å². The Morgan fingerprint density at radius 2 is 1.87 bits per heavy atom. The number of hydrogen-bond acceptors (Lipinski definition) is 3. The van der Waals surface area contributed by atoms with E-state index >= 15 is 0 Å². The van der Waals surface area contributed by atoms with Gasteiger partial charge in [0.1, 0.15) is 10.7 Å². The lowest BCUT2D eigenvalue weighted by molar-refractivity contribution is -0.137. The predicted molar refractivity (Wildman–Crippen MR) is 113 cm³/mol. The summed E-state index contributed by atoms with van der Waals surface area (Å²) in [4.78, 5) is 18.6. The lowest BCUT2D eigenvalue weighted by Crippen LogP contribution is -2.20. The lowest BCUT2D eigenvalue weighted by atomic mass is 10.1. The van der Waals surface area contributed by atoms with Crippen molar-refractivity contribution >= 4 is 33.2 Å². The monoisotopic (exact) mass is 424 g/mol. The number of halogens is 3. The molecule has 0 bridgehead atoms. The Kier molecular flexibility index (Phi) is 4.36. The Hall–Kier alpha value is -3.19. The van der Waals surface area contributed by atoms with Gasteiger partial charge in [0.05, 0.1) is 10.9 Å². The molecule has 30 heavy (non-hydrogen) atoms. The van der Waals surface area contributed by atoms with Crippen LogP contribution in [0.5, 0.6) is 0 Å². The van der Waals surface area contributed by atoms with Gasteiger partial charge in [-0.15, -0.1) is 11.3 Å². The highest BCUT2D eigenvalue weighted by molar-refractivity contribution is 7.17. The Labute approximate surface area is 173 Å². The average molecular weight is 424 g/mol. The maximum Gasteiger partial charge on any atom is 0.416 e. The third kappa shape index (κ3) is 3.15. The third-order valence-corrected chi connectivity index (χ3v) is 6.10. The van der Waals surface area contributed by atoms with E-state index in [1.807, 2.05) is 35.7 Å². The second kappa shape index (κ2) is 6.95. The van der Waals surface area contributed by atoms with Crippen LogP contribution in [0.1, 0.15) is 23.4 Å². The Balaban J connectivity index is 1.62. The quantitative estimate of drug-likeness (QED) is 0.390. The van der Waals surface area contributed by atoms with E-state index in [0.717, 1.165) is 28.8 Å². The summed E-state index contributed by atoms with van der Waals surface area (Å²) in [5, 5.41) is 2.52. The van der Waals surface area contributed by atoms with Crippen molar-refractivity contribution < 1.29 is 13.2 Å². The summed E-state index contributed by atoms with van der Waals surface area (Å²) in [5.41, 5.74) is 2.23. The lowest BCUT2D eigenvalue weighted by Gasteiger charge is -2.07. The van der Waals surface area contributed by atoms with Crippen LogP contribution in [0.25, 0.3) is 33.0 Å². The van der Waals surface area contributed by atoms with E-state index in [0.29, 0.717) is 34.6 Å². The van der Waals surface area contributed by atoms with Gasteiger partial charge in [0.25, 0.3) is 5.56 Å². The molecular weight excluding hydrogens is 409 g/mol. The predicted octanol–water partition coefficient (Wildman–Crippen LogP) is 6.09. The van der Waals surface area contributed by atoms with Crippen molar-refractivity contribution in [1.29, 1.82) is 0 Å². The fraction of sp³-hybridized carbons (Fsp3) is 0.130. The topological polar surface area (TPSA) is 34.9 Å². The molecule has 3 nitrogen and oxygen atoms in total. The van der Waals surface area contributed by atoms with Gasteiger partial charge in [-0.05, 0) is 41.3 Å². The number of thiophene rings is 1. The molecule has 0 saturated carbocycles. The molecule has 150 valence electrons. The van der Waals surface area contributed by atoms with Crippen LogP contribution in [-0.2, 0) is 12.7 Å². The maximum atomic E-state index is 13.2. The van der Waals surface area contributed by atoms with Crippen LogP contribution >= 0.6 is 11.3 Å². The van der Waals surface area contributed by atoms with Crippen molar-refractivity contribution in [2.75, 3.05) is 0 Å². The summed E-state index contributed by atoms with van der Waals surface area (Å²) < 4.78 is 40.7. The molecule has 1 aliphatic rings. The van der Waals surface area contributed by atoms with E-state index in [4.69, 9.17) is 4.98 Å². The van der Waals surface area contributed by atoms with Gasteiger partial charge in [-0.3, -0.25) is 9.36 Å². The summed E-state index contributed by atoms with van der Waals surface area (Å²) in [6, 6.07) is 14.9. The number of fused-ring (bicyclic) bond motifs is 2. The smallest absolute Gasteiger partial charge is 0.292 e. The molecule has 0 unspecified atom stereocenters. The van der Waals surface area contributed by atoms with Crippen molar-refractivity contribution in [2.45, 2.75) is 19.1 Å². The van der Waals surface area contributed by atoms with Gasteiger partial charge in [-0.2, -0.15) is 13.2 Å². The number of benzene rings is 2. The first-order valence-corrected chi connectivity index (χ1v) is 10.3. The zero-order valence-corrected chi connectivity index (χ0v) is 16.4. The third-order valence-electron chi connectivity index (χ3n) is 5.23. The van der Waals surface area contributed by atoms with E-state index in [9.17, 15) is 18.0 Å². The number of rotatable bonds is 2. The molecule has 5 rings (SSSR count). The van der Waals surface area contributed by atoms with Crippen LogP contribution in [0.4, 0.5) is 13.2 Å². The molecule has 0 N–H and O–H groups in total. The Morgan fingerprint density at radius 1 is 1.07 bits per heavy atom. The second-order valence-electron chi connectivity index (χ2n) is 7.13. The van der Waals surface area contributed by atoms with Gasteiger partial charge in [-0.25, -0.2) is 4.98 Å². The Bertz CT molecular complexity index is 1350. The molecule has 3 heterocycles. The van der Waals surface area contributed by atoms with Crippen LogP contribution in [-0.4, -0.2) is 9.55 Å². The molecule has 0 atom stereocenters. The standard InChI is InChI=1S/C23H15F3N2OS/c24-23(25,26)17-8-4-5-14(12-17)11-16-9-10-28-20(16)27-21-19(22(28)29)18(13-30-21)15-6-2-1-3-7-15/h1-8,11-13H,9-10H2. The van der Waals surface area contributed by atoms with Gasteiger partial charge in [-0.1, -0.05) is 42.5 Å². The van der Waals surface area contributed by atoms with Crippen LogP contribution in [0.15, 0.2) is 64.8 Å². The van der Waals surface area contributed by atoms with Gasteiger partial charge in [0.2, 0.25) is 0 Å². The van der Waals surface area contributed by atoms with Crippen molar-refractivity contribution in [3.8, 4) is 11.1 Å². The molecule has 0 spiro atoms. The first-order chi connectivity index (χ1) is 14.4. The second-order valence-corrected chi connectivity index (χ2v) is 7.99. The molecule has 2 aromatic carbocycles. The van der Waals surface area contributed by atoms with E-state index in [1.165, 1.54) is 17.4 Å². The molecule has 0 fully saturated rings. The average Bonchev–Trinajstić information content (AvgIpc) is 3.34. The maximum absolute atomic E-state index is 13.2. The number of hydrogen-bond donors (Lipinski definition) is 0. The molecule has 0 amide bonds. The number of allylic oxidation sites excluding steroid dienone is 1. The first-order valence-electron chi connectivity index (χ1n) is 9.37. The SMILES string of the molecule is O=c1c2c(-c3ccccc3)csc2nc2n1CCC2=Cc1cccc(C(F)(F)F)c1. The zero-order valence-electron chi connectivity index (χ0n) is 15.6. The summed E-state index contributed by atoms with van der Waals surface area (Å²) in [5.74, 6) is 0.534. The van der Waals surface area contributed by atoms with Crippen LogP contribution in [0.2, 0.25) is 0 Å². The minimum Gasteiger partial charge on any atom is -0.292 e. The largest absolute Gasteiger partial charge is 0.416 e. The molecule has 7 heteroatoms. The number of nitrogens with zero attached hydrogens (tertiary/aromatic N) is 2. The molecule has 4 aromatic rings. The highest BCUT2D eigenvalue weighted by Gasteiger charge is 2.30. The highest BCUT2D eigenvalue weighted by atomic mass is 32.1. The molecule has 0 aliphatic carbocycles. The van der Waals surface area contributed by atoms with Crippen LogP contribution in [0, 0.1) is 0 Å². The van der Waals surface area contributed by atoms with E-state index in [1.54, 1.807) is 16.7 Å². The first kappa shape index (κ1) is 18.8. The Morgan fingerprint density at radius 3 is 2.63 bits per heavy atom. The summed E-state index contributed by atoms with van der Waals surface area (Å²) >= 11 is 1.40. The highest BCUT2D eigenvalue weighted by Crippen LogP contribution is 2.35. The normalized spacial score (nSPS) is 15.1. The zero-order chi connectivity index (χ0) is 20.9. The van der Waals surface area contributed by atoms with Gasteiger partial charge < -0.3 is 0 Å². The number of alkyl halides is 3. The van der Waals surface area contributed by atoms with E-state index < -0.39 is 11.7 Å². The molecular formula is C23H15F3N2OS. The van der Waals surface area contributed by atoms with Gasteiger partial charge in [0.15, 0.2) is 0 Å². The fourth-order valence-corrected chi connectivity index (χ4v) is 4.73. The summed E-state index contributed by atoms with van der Waals surface area (Å²) in [7, 11) is 0. The van der Waals surface area contributed by atoms with Crippen molar-refractivity contribution in [1.82, 2.24) is 9.55 Å². The number of aromatic nitrogens is 2. The van der Waals surface area contributed by atoms with Crippen LogP contribution < -0.4 is 5.56 Å². The molecule has 1 aliphatic heterocycles. The molecule has 2 aromatic heterocycles. The summed E-state index contributed by atoms with van der Waals surface area (Å²) in [6.07, 6.45) is -2.15. The van der Waals surface area contributed by atoms with Gasteiger partial charge >= 0.3 is 6.18 Å². The minimum absolute atomic E-state index is 0.109. The molecule has 0 radical (unpaired) electrons. The van der Waals surface area contributed by atoms with Crippen molar-refractivity contribution in [3.05, 3.63) is 87.3 Å². The minimum atomic E-state index is -4.39. The molecule has 0 saturated heterocycles.